The molecular formula is C35H36FN3O3. The molecule has 0 radical (unpaired) electrons. The quantitative estimate of drug-likeness (QED) is 0.269. The average Bonchev–Trinajstić information content (AvgIpc) is 3.50. The number of rotatable bonds is 5. The van der Waals surface area contributed by atoms with Gasteiger partial charge in [-0.15, -0.1) is 0 Å². The number of methoxy groups -OCH3 is 1. The summed E-state index contributed by atoms with van der Waals surface area (Å²) in [7, 11) is 1.68. The predicted octanol–water partition coefficient (Wildman–Crippen LogP) is 7.73. The molecule has 3 heterocycles. The molecule has 1 aromatic heterocycles. The third-order valence-electron chi connectivity index (χ3n) is 9.20. The minimum absolute atomic E-state index is 0.156. The molecule has 0 unspecified atom stereocenters. The summed E-state index contributed by atoms with van der Waals surface area (Å²) in [6, 6.07) is 16.9. The van der Waals surface area contributed by atoms with Crippen LogP contribution in [-0.2, 0) is 13.0 Å². The van der Waals surface area contributed by atoms with Crippen molar-refractivity contribution in [1.29, 1.82) is 0 Å². The van der Waals surface area contributed by atoms with E-state index in [4.69, 9.17) is 9.47 Å². The normalized spacial score (nSPS) is 16.6. The molecule has 1 amide bonds. The fourth-order valence-electron chi connectivity index (χ4n) is 6.98. The first-order chi connectivity index (χ1) is 20.3. The van der Waals surface area contributed by atoms with E-state index in [0.717, 1.165) is 33.9 Å². The zero-order valence-electron chi connectivity index (χ0n) is 24.4. The lowest BCUT2D eigenvalue weighted by Gasteiger charge is -2.26. The zero-order valence-corrected chi connectivity index (χ0v) is 24.4. The summed E-state index contributed by atoms with van der Waals surface area (Å²) in [6.07, 6.45) is 6.68. The molecule has 1 N–H and O–H groups in total. The Kier molecular flexibility index (Phi) is 6.56. The van der Waals surface area contributed by atoms with Crippen LogP contribution in [0.5, 0.6) is 11.5 Å². The smallest absolute Gasteiger partial charge is 0.252 e. The maximum absolute atomic E-state index is 13.8. The molecule has 2 aliphatic heterocycles. The Labute approximate surface area is 245 Å². The van der Waals surface area contributed by atoms with Crippen molar-refractivity contribution in [2.24, 2.45) is 4.99 Å². The lowest BCUT2D eigenvalue weighted by molar-refractivity contribution is 0.0931. The Morgan fingerprint density at radius 3 is 2.71 bits per heavy atom. The van der Waals surface area contributed by atoms with Crippen molar-refractivity contribution in [3.05, 3.63) is 77.1 Å². The summed E-state index contributed by atoms with van der Waals surface area (Å²) < 4.78 is 27.9. The third kappa shape index (κ3) is 4.55. The van der Waals surface area contributed by atoms with Crippen LogP contribution in [0.4, 0.5) is 10.1 Å². The van der Waals surface area contributed by atoms with E-state index in [0.29, 0.717) is 36.7 Å². The average molecular weight is 566 g/mol. The molecular weight excluding hydrogens is 529 g/mol. The highest BCUT2D eigenvalue weighted by Crippen LogP contribution is 2.47. The van der Waals surface area contributed by atoms with Crippen LogP contribution in [0.25, 0.3) is 22.2 Å². The number of ether oxygens (including phenoxy) is 2. The van der Waals surface area contributed by atoms with Crippen LogP contribution < -0.4 is 14.8 Å². The largest absolute Gasteiger partial charge is 0.497 e. The van der Waals surface area contributed by atoms with Crippen molar-refractivity contribution < 1.29 is 18.7 Å². The van der Waals surface area contributed by atoms with Crippen LogP contribution in [0.15, 0.2) is 59.6 Å². The number of hydrogen-bond acceptors (Lipinski definition) is 4. The van der Waals surface area contributed by atoms with Crippen molar-refractivity contribution in [2.75, 3.05) is 13.7 Å². The number of aromatic nitrogens is 1. The van der Waals surface area contributed by atoms with E-state index in [9.17, 15) is 9.18 Å². The first-order valence-corrected chi connectivity index (χ1v) is 15.0. The molecule has 1 aliphatic carbocycles. The molecule has 0 bridgehead atoms. The van der Waals surface area contributed by atoms with Gasteiger partial charge < -0.3 is 19.4 Å². The van der Waals surface area contributed by atoms with Gasteiger partial charge in [-0.25, -0.2) is 4.39 Å². The molecule has 4 aromatic rings. The lowest BCUT2D eigenvalue weighted by atomic mass is 9.81. The van der Waals surface area contributed by atoms with Gasteiger partial charge >= 0.3 is 0 Å². The van der Waals surface area contributed by atoms with Crippen molar-refractivity contribution in [3.63, 3.8) is 0 Å². The van der Waals surface area contributed by atoms with Gasteiger partial charge in [0.25, 0.3) is 5.91 Å². The van der Waals surface area contributed by atoms with Crippen molar-refractivity contribution in [3.8, 4) is 22.8 Å². The molecule has 0 spiro atoms. The number of hydrogen-bond donors (Lipinski definition) is 1. The van der Waals surface area contributed by atoms with Gasteiger partial charge in [0.15, 0.2) is 0 Å². The number of amides is 1. The second-order valence-electron chi connectivity index (χ2n) is 12.3. The van der Waals surface area contributed by atoms with Gasteiger partial charge in [0, 0.05) is 40.2 Å². The summed E-state index contributed by atoms with van der Waals surface area (Å²) in [5, 5.41) is 4.42. The van der Waals surface area contributed by atoms with Crippen LogP contribution in [0.3, 0.4) is 0 Å². The number of halogens is 1. The summed E-state index contributed by atoms with van der Waals surface area (Å²) in [4.78, 5) is 18.4. The second kappa shape index (κ2) is 10.3. The number of carbonyl (C=O) groups excluding carboxylic acids is 1. The molecule has 0 saturated heterocycles. The maximum atomic E-state index is 13.8. The Bertz CT molecular complexity index is 1750. The third-order valence-corrected chi connectivity index (χ3v) is 9.20. The highest BCUT2D eigenvalue weighted by Gasteiger charge is 2.33. The zero-order chi connectivity index (χ0) is 29.0. The Morgan fingerprint density at radius 2 is 1.90 bits per heavy atom. The Balaban J connectivity index is 1.28. The van der Waals surface area contributed by atoms with E-state index in [-0.39, 0.29) is 11.7 Å². The molecule has 1 saturated carbocycles. The number of benzene rings is 3. The number of nitrogens with one attached hydrogen (secondary N) is 1. The second-order valence-corrected chi connectivity index (χ2v) is 12.3. The van der Waals surface area contributed by atoms with Crippen LogP contribution in [0.2, 0.25) is 0 Å². The van der Waals surface area contributed by atoms with Crippen molar-refractivity contribution >= 4 is 28.2 Å². The Morgan fingerprint density at radius 1 is 1.07 bits per heavy atom. The first-order valence-electron chi connectivity index (χ1n) is 15.0. The number of nitrogens with zero attached hydrogens (tertiary/aromatic N) is 2. The van der Waals surface area contributed by atoms with Gasteiger partial charge in [0.2, 0.25) is 0 Å². The Hall–Kier alpha value is -4.13. The van der Waals surface area contributed by atoms with Gasteiger partial charge in [-0.05, 0) is 80.1 Å². The van der Waals surface area contributed by atoms with E-state index in [1.54, 1.807) is 13.2 Å². The summed E-state index contributed by atoms with van der Waals surface area (Å²) in [5.74, 6) is 1.62. The summed E-state index contributed by atoms with van der Waals surface area (Å²) in [6.45, 7) is 5.14. The molecule has 7 rings (SSSR count). The summed E-state index contributed by atoms with van der Waals surface area (Å²) >= 11 is 0. The van der Waals surface area contributed by atoms with Gasteiger partial charge in [-0.1, -0.05) is 31.4 Å². The van der Waals surface area contributed by atoms with Gasteiger partial charge in [0.1, 0.15) is 23.9 Å². The van der Waals surface area contributed by atoms with E-state index < -0.39 is 5.54 Å². The fourth-order valence-corrected chi connectivity index (χ4v) is 6.98. The van der Waals surface area contributed by atoms with Gasteiger partial charge in [-0.2, -0.15) is 0 Å². The maximum Gasteiger partial charge on any atom is 0.252 e. The lowest BCUT2D eigenvalue weighted by Crippen LogP contribution is -2.49. The van der Waals surface area contributed by atoms with Crippen LogP contribution in [-0.4, -0.2) is 35.4 Å². The predicted molar refractivity (Wildman–Crippen MR) is 164 cm³/mol. The highest BCUT2D eigenvalue weighted by molar-refractivity contribution is 6.06. The molecule has 0 atom stereocenters. The van der Waals surface area contributed by atoms with Gasteiger partial charge in [0.05, 0.1) is 30.6 Å². The van der Waals surface area contributed by atoms with Crippen molar-refractivity contribution in [2.45, 2.75) is 70.4 Å². The van der Waals surface area contributed by atoms with Gasteiger partial charge in [-0.3, -0.25) is 9.79 Å². The highest BCUT2D eigenvalue weighted by atomic mass is 19.1. The molecule has 6 nitrogen and oxygen atoms in total. The molecule has 7 heteroatoms. The fraction of sp³-hybridized carbons (Fsp3) is 0.371. The van der Waals surface area contributed by atoms with E-state index in [2.05, 4.69) is 27.0 Å². The van der Waals surface area contributed by atoms with Crippen LogP contribution in [0, 0.1) is 5.82 Å². The monoisotopic (exact) mass is 565 g/mol. The molecule has 216 valence electrons. The van der Waals surface area contributed by atoms with Crippen molar-refractivity contribution in [1.82, 2.24) is 9.88 Å². The SMILES string of the molecule is COc1ccc2c(c1)OCCn1c-2c(C2CCCCC2)c2ccc(C(=O)NC(C)(C)C3=Nc4cc(F)ccc4C3)cc21. The minimum Gasteiger partial charge on any atom is -0.497 e. The molecule has 3 aliphatic rings. The van der Waals surface area contributed by atoms with Crippen LogP contribution in [0.1, 0.15) is 73.4 Å². The molecule has 42 heavy (non-hydrogen) atoms. The van der Waals surface area contributed by atoms with E-state index >= 15 is 0 Å². The standard InChI is InChI=1S/C35H36FN3O3/c1-35(2,31-18-22-9-11-24(36)19-28(22)37-31)38-34(40)23-10-13-26-29(17-23)39-15-16-42-30-20-25(41-3)12-14-27(30)33(39)32(26)21-7-5-4-6-8-21/h9-14,17,19-21H,4-8,15-16,18H2,1-3H3,(H,38,40). The van der Waals surface area contributed by atoms with E-state index in [1.165, 1.54) is 60.9 Å². The molecule has 3 aromatic carbocycles. The topological polar surface area (TPSA) is 64.8 Å². The van der Waals surface area contributed by atoms with E-state index in [1.807, 2.05) is 38.1 Å². The number of fused-ring (bicyclic) bond motifs is 6. The number of aliphatic imine (C=N–C) groups is 1. The molecule has 1 fully saturated rings. The van der Waals surface area contributed by atoms with Crippen LogP contribution >= 0.6 is 0 Å². The summed E-state index contributed by atoms with van der Waals surface area (Å²) in [5.41, 5.74) is 7.05. The first kappa shape index (κ1) is 26.7. The minimum atomic E-state index is -0.698. The number of carbonyl (C=O) groups is 1.